The first kappa shape index (κ1) is 18.1. The average molecular weight is 285 g/mol. The number of hydrogen-bond donors (Lipinski definition) is 0. The van der Waals surface area contributed by atoms with Crippen LogP contribution in [-0.4, -0.2) is 31.1 Å². The van der Waals surface area contributed by atoms with Crippen molar-refractivity contribution >= 4 is 17.9 Å². The first-order valence-corrected chi connectivity index (χ1v) is 6.71. The van der Waals surface area contributed by atoms with Crippen LogP contribution in [0.2, 0.25) is 0 Å². The largest absolute Gasteiger partial charge is 0.550 e. The van der Waals surface area contributed by atoms with Crippen LogP contribution in [-0.2, 0) is 23.9 Å². The van der Waals surface area contributed by atoms with Gasteiger partial charge in [-0.3, -0.25) is 9.59 Å². The minimum Gasteiger partial charge on any atom is -0.550 e. The highest BCUT2D eigenvalue weighted by atomic mass is 16.6. The summed E-state index contributed by atoms with van der Waals surface area (Å²) in [6.45, 7) is 3.74. The molecular weight excluding hydrogens is 264 g/mol. The summed E-state index contributed by atoms with van der Waals surface area (Å²) in [5.41, 5.74) is 0. The van der Waals surface area contributed by atoms with Gasteiger partial charge in [0.05, 0.1) is 13.2 Å². The highest BCUT2D eigenvalue weighted by Gasteiger charge is 2.28. The third-order valence-corrected chi connectivity index (χ3v) is 2.45. The standard InChI is InChI=1S/C14H22O6/c1-3-19-13(17)11(14(18)20-4-2)9-7-5-6-8-10-12(15)16/h5-6,11H,3-4,7-10H2,1-2H3,(H,15,16)/p-1. The number of ether oxygens (including phenoxy) is 2. The van der Waals surface area contributed by atoms with Gasteiger partial charge in [-0.1, -0.05) is 12.2 Å². The number of carbonyl (C=O) groups is 3. The lowest BCUT2D eigenvalue weighted by atomic mass is 10.0. The van der Waals surface area contributed by atoms with Gasteiger partial charge >= 0.3 is 11.9 Å². The first-order chi connectivity index (χ1) is 9.52. The predicted octanol–water partition coefficient (Wildman–Crippen LogP) is 0.595. The van der Waals surface area contributed by atoms with Crippen molar-refractivity contribution in [2.75, 3.05) is 13.2 Å². The van der Waals surface area contributed by atoms with Gasteiger partial charge in [0, 0.05) is 5.97 Å². The second-order valence-corrected chi connectivity index (χ2v) is 4.02. The number of carbonyl (C=O) groups excluding carboxylic acids is 3. The summed E-state index contributed by atoms with van der Waals surface area (Å²) >= 11 is 0. The topological polar surface area (TPSA) is 92.7 Å². The van der Waals surface area contributed by atoms with E-state index in [-0.39, 0.29) is 26.1 Å². The van der Waals surface area contributed by atoms with Crippen LogP contribution in [0.25, 0.3) is 0 Å². The second-order valence-electron chi connectivity index (χ2n) is 4.02. The van der Waals surface area contributed by atoms with Crippen LogP contribution < -0.4 is 5.11 Å². The van der Waals surface area contributed by atoms with Crippen LogP contribution in [0.3, 0.4) is 0 Å². The van der Waals surface area contributed by atoms with Crippen molar-refractivity contribution in [1.82, 2.24) is 0 Å². The second kappa shape index (κ2) is 11.0. The molecule has 0 heterocycles. The van der Waals surface area contributed by atoms with Crippen LogP contribution in [0.15, 0.2) is 12.2 Å². The fraction of sp³-hybridized carbons (Fsp3) is 0.643. The maximum atomic E-state index is 11.6. The number of esters is 2. The number of carboxylic acid groups (broad SMARTS) is 1. The summed E-state index contributed by atoms with van der Waals surface area (Å²) in [6, 6.07) is 0. The van der Waals surface area contributed by atoms with Gasteiger partial charge in [-0.25, -0.2) is 0 Å². The zero-order valence-corrected chi connectivity index (χ0v) is 11.9. The molecule has 6 heteroatoms. The average Bonchev–Trinajstić information content (AvgIpc) is 2.37. The molecular formula is C14H21O6-. The van der Waals surface area contributed by atoms with Crippen molar-refractivity contribution in [3.63, 3.8) is 0 Å². The molecule has 0 aromatic rings. The van der Waals surface area contributed by atoms with Gasteiger partial charge in [-0.05, 0) is 39.5 Å². The number of aliphatic carboxylic acids is 1. The molecule has 0 bridgehead atoms. The van der Waals surface area contributed by atoms with Crippen LogP contribution in [0.1, 0.15) is 39.5 Å². The number of hydrogen-bond acceptors (Lipinski definition) is 6. The van der Waals surface area contributed by atoms with E-state index in [1.807, 2.05) is 0 Å². The quantitative estimate of drug-likeness (QED) is 0.331. The van der Waals surface area contributed by atoms with Gasteiger partial charge in [-0.2, -0.15) is 0 Å². The lowest BCUT2D eigenvalue weighted by Crippen LogP contribution is -2.28. The first-order valence-electron chi connectivity index (χ1n) is 6.71. The Kier molecular flexibility index (Phi) is 10.00. The van der Waals surface area contributed by atoms with Crippen molar-refractivity contribution in [3.05, 3.63) is 12.2 Å². The monoisotopic (exact) mass is 285 g/mol. The van der Waals surface area contributed by atoms with E-state index in [0.29, 0.717) is 12.8 Å². The minimum atomic E-state index is -1.11. The maximum Gasteiger partial charge on any atom is 0.320 e. The Morgan fingerprint density at radius 3 is 1.95 bits per heavy atom. The Balaban J connectivity index is 4.25. The third-order valence-electron chi connectivity index (χ3n) is 2.45. The Labute approximate surface area is 118 Å². The smallest absolute Gasteiger partial charge is 0.320 e. The third kappa shape index (κ3) is 8.29. The van der Waals surface area contributed by atoms with E-state index in [2.05, 4.69) is 0 Å². The highest BCUT2D eigenvalue weighted by molar-refractivity contribution is 5.94. The predicted molar refractivity (Wildman–Crippen MR) is 69.4 cm³/mol. The highest BCUT2D eigenvalue weighted by Crippen LogP contribution is 2.12. The van der Waals surface area contributed by atoms with Gasteiger partial charge in [0.25, 0.3) is 0 Å². The molecule has 0 aliphatic heterocycles. The molecule has 0 unspecified atom stereocenters. The number of allylic oxidation sites excluding steroid dienone is 2. The molecule has 0 aromatic heterocycles. The molecule has 20 heavy (non-hydrogen) atoms. The summed E-state index contributed by atoms with van der Waals surface area (Å²) in [5, 5.41) is 10.2. The molecule has 0 aliphatic rings. The van der Waals surface area contributed by atoms with E-state index in [4.69, 9.17) is 9.47 Å². The molecule has 6 nitrogen and oxygen atoms in total. The van der Waals surface area contributed by atoms with Crippen LogP contribution in [0.5, 0.6) is 0 Å². The molecule has 0 N–H and O–H groups in total. The van der Waals surface area contributed by atoms with E-state index in [0.717, 1.165) is 0 Å². The van der Waals surface area contributed by atoms with Gasteiger partial charge in [-0.15, -0.1) is 0 Å². The lowest BCUT2D eigenvalue weighted by molar-refractivity contribution is -0.305. The zero-order valence-electron chi connectivity index (χ0n) is 11.9. The lowest BCUT2D eigenvalue weighted by Gasteiger charge is -2.13. The summed E-state index contributed by atoms with van der Waals surface area (Å²) < 4.78 is 9.66. The molecule has 0 aromatic carbocycles. The van der Waals surface area contributed by atoms with E-state index in [1.165, 1.54) is 0 Å². The van der Waals surface area contributed by atoms with Crippen LogP contribution in [0, 0.1) is 5.92 Å². The van der Waals surface area contributed by atoms with Gasteiger partial charge in [0.15, 0.2) is 5.92 Å². The fourth-order valence-electron chi connectivity index (χ4n) is 1.52. The van der Waals surface area contributed by atoms with E-state index >= 15 is 0 Å². The molecule has 0 aliphatic carbocycles. The van der Waals surface area contributed by atoms with Crippen LogP contribution in [0.4, 0.5) is 0 Å². The number of carboxylic acids is 1. The number of rotatable bonds is 10. The van der Waals surface area contributed by atoms with Crippen molar-refractivity contribution in [1.29, 1.82) is 0 Å². The van der Waals surface area contributed by atoms with Gasteiger partial charge in [0.2, 0.25) is 0 Å². The van der Waals surface area contributed by atoms with E-state index < -0.39 is 23.8 Å². The minimum absolute atomic E-state index is 0.0460. The van der Waals surface area contributed by atoms with Crippen molar-refractivity contribution in [2.45, 2.75) is 39.5 Å². The molecule has 0 saturated heterocycles. The fourth-order valence-corrected chi connectivity index (χ4v) is 1.52. The molecule has 0 atom stereocenters. The zero-order chi connectivity index (χ0) is 15.4. The van der Waals surface area contributed by atoms with E-state index in [9.17, 15) is 19.5 Å². The Morgan fingerprint density at radius 2 is 1.50 bits per heavy atom. The summed E-state index contributed by atoms with van der Waals surface area (Å²) in [7, 11) is 0. The molecule has 0 fully saturated rings. The van der Waals surface area contributed by atoms with Crippen LogP contribution >= 0.6 is 0 Å². The molecule has 0 saturated carbocycles. The summed E-state index contributed by atoms with van der Waals surface area (Å²) in [5.74, 6) is -3.21. The molecule has 0 rings (SSSR count). The molecule has 0 spiro atoms. The maximum absolute atomic E-state index is 11.6. The van der Waals surface area contributed by atoms with E-state index in [1.54, 1.807) is 26.0 Å². The van der Waals surface area contributed by atoms with Crippen molar-refractivity contribution in [2.24, 2.45) is 5.92 Å². The van der Waals surface area contributed by atoms with Gasteiger partial charge < -0.3 is 19.4 Å². The summed E-state index contributed by atoms with van der Waals surface area (Å²) in [6.07, 6.45) is 4.48. The Bertz CT molecular complexity index is 330. The molecule has 0 radical (unpaired) electrons. The normalized spacial score (nSPS) is 10.8. The molecule has 114 valence electrons. The molecule has 0 amide bonds. The Morgan fingerprint density at radius 1 is 1.00 bits per heavy atom. The SMILES string of the molecule is CCOC(=O)C(CCC=CCCC(=O)[O-])C(=O)OCC. The summed E-state index contributed by atoms with van der Waals surface area (Å²) in [4.78, 5) is 33.5. The van der Waals surface area contributed by atoms with Gasteiger partial charge in [0.1, 0.15) is 0 Å². The van der Waals surface area contributed by atoms with Crippen molar-refractivity contribution < 1.29 is 29.0 Å². The van der Waals surface area contributed by atoms with Crippen molar-refractivity contribution in [3.8, 4) is 0 Å². The Hall–Kier alpha value is -1.85.